The fourth-order valence-corrected chi connectivity index (χ4v) is 3.13. The van der Waals surface area contributed by atoms with Gasteiger partial charge in [0.15, 0.2) is 11.6 Å². The van der Waals surface area contributed by atoms with Crippen molar-refractivity contribution in [1.29, 1.82) is 0 Å². The first-order chi connectivity index (χ1) is 11.3. The molecule has 0 aliphatic carbocycles. The van der Waals surface area contributed by atoms with Crippen LogP contribution in [0.4, 0.5) is 0 Å². The Morgan fingerprint density at radius 1 is 1.09 bits per heavy atom. The number of aromatic nitrogens is 3. The van der Waals surface area contributed by atoms with Gasteiger partial charge in [0.2, 0.25) is 0 Å². The zero-order valence-corrected chi connectivity index (χ0v) is 13.3. The summed E-state index contributed by atoms with van der Waals surface area (Å²) in [6.07, 6.45) is 0. The second-order valence-electron chi connectivity index (χ2n) is 4.73. The quantitative estimate of drug-likeness (QED) is 0.542. The Labute approximate surface area is 140 Å². The predicted molar refractivity (Wildman–Crippen MR) is 88.7 cm³/mol. The lowest BCUT2D eigenvalue weighted by atomic mass is 10.3. The fraction of sp³-hybridized carbons (Fsp3) is 0.0625. The molecule has 5 nitrogen and oxygen atoms in total. The van der Waals surface area contributed by atoms with Gasteiger partial charge in [-0.2, -0.15) is 0 Å². The van der Waals surface area contributed by atoms with Crippen LogP contribution in [0.15, 0.2) is 52.9 Å². The van der Waals surface area contributed by atoms with Gasteiger partial charge in [-0.3, -0.25) is 0 Å². The van der Waals surface area contributed by atoms with Crippen LogP contribution in [0.2, 0.25) is 5.02 Å². The first-order valence-electron chi connectivity index (χ1n) is 6.84. The fourth-order valence-electron chi connectivity index (χ4n) is 2.06. The van der Waals surface area contributed by atoms with E-state index in [4.69, 9.17) is 20.8 Å². The molecule has 0 saturated heterocycles. The van der Waals surface area contributed by atoms with Gasteiger partial charge in [0.25, 0.3) is 11.8 Å². The molecule has 0 saturated carbocycles. The van der Waals surface area contributed by atoms with Crippen LogP contribution in [0.5, 0.6) is 5.75 Å². The molecule has 2 aromatic carbocycles. The lowest BCUT2D eigenvalue weighted by molar-refractivity contribution is 0.264. The average Bonchev–Trinajstić information content (AvgIpc) is 3.19. The van der Waals surface area contributed by atoms with Crippen LogP contribution in [0.1, 0.15) is 5.89 Å². The highest BCUT2D eigenvalue weighted by Gasteiger charge is 2.13. The van der Waals surface area contributed by atoms with Gasteiger partial charge in [0, 0.05) is 5.02 Å². The maximum absolute atomic E-state index is 5.91. The second kappa shape index (κ2) is 5.98. The van der Waals surface area contributed by atoms with E-state index < -0.39 is 0 Å². The third-order valence-electron chi connectivity index (χ3n) is 3.10. The molecule has 0 amide bonds. The predicted octanol–water partition coefficient (Wildman–Crippen LogP) is 4.58. The van der Waals surface area contributed by atoms with Crippen LogP contribution in [-0.4, -0.2) is 15.2 Å². The topological polar surface area (TPSA) is 61.0 Å². The molecular formula is C16H10ClN3O2S. The monoisotopic (exact) mass is 343 g/mol. The number of para-hydroxylation sites is 1. The Bertz CT molecular complexity index is 934. The van der Waals surface area contributed by atoms with E-state index in [0.717, 1.165) is 10.2 Å². The van der Waals surface area contributed by atoms with Crippen molar-refractivity contribution in [3.63, 3.8) is 0 Å². The van der Waals surface area contributed by atoms with E-state index in [1.54, 1.807) is 12.1 Å². The molecule has 7 heteroatoms. The summed E-state index contributed by atoms with van der Waals surface area (Å²) in [4.78, 5) is 4.49. The summed E-state index contributed by atoms with van der Waals surface area (Å²) in [5.41, 5.74) is 0.919. The van der Waals surface area contributed by atoms with Crippen molar-refractivity contribution in [1.82, 2.24) is 15.2 Å². The van der Waals surface area contributed by atoms with Gasteiger partial charge in [-0.15, -0.1) is 21.5 Å². The number of nitrogens with zero attached hydrogens (tertiary/aromatic N) is 3. The smallest absolute Gasteiger partial charge is 0.276 e. The molecular weight excluding hydrogens is 334 g/mol. The van der Waals surface area contributed by atoms with Crippen molar-refractivity contribution in [3.05, 3.63) is 59.4 Å². The molecule has 0 atom stereocenters. The summed E-state index contributed by atoms with van der Waals surface area (Å²) in [7, 11) is 0. The molecule has 0 unspecified atom stereocenters. The first-order valence-corrected chi connectivity index (χ1v) is 8.04. The normalized spacial score (nSPS) is 11.0. The number of hydrogen-bond acceptors (Lipinski definition) is 6. The van der Waals surface area contributed by atoms with Crippen molar-refractivity contribution in [3.8, 4) is 16.6 Å². The standard InChI is InChI=1S/C16H10ClN3O2S/c17-10-4-3-5-11(8-10)21-9-14-19-20-15(22-14)16-18-12-6-1-2-7-13(12)23-16/h1-8H,9H2. The van der Waals surface area contributed by atoms with E-state index in [0.29, 0.717) is 27.6 Å². The Morgan fingerprint density at radius 2 is 2.00 bits per heavy atom. The van der Waals surface area contributed by atoms with Gasteiger partial charge in [0.1, 0.15) is 5.75 Å². The van der Waals surface area contributed by atoms with Crippen LogP contribution in [0.3, 0.4) is 0 Å². The molecule has 23 heavy (non-hydrogen) atoms. The van der Waals surface area contributed by atoms with Crippen LogP contribution in [-0.2, 0) is 6.61 Å². The number of rotatable bonds is 4. The number of hydrogen-bond donors (Lipinski definition) is 0. The highest BCUT2D eigenvalue weighted by atomic mass is 35.5. The molecule has 2 heterocycles. The lowest BCUT2D eigenvalue weighted by Crippen LogP contribution is -1.95. The molecule has 114 valence electrons. The number of benzene rings is 2. The molecule has 0 fully saturated rings. The summed E-state index contributed by atoms with van der Waals surface area (Å²) in [6, 6.07) is 15.0. The Hall–Kier alpha value is -2.44. The van der Waals surface area contributed by atoms with E-state index >= 15 is 0 Å². The van der Waals surface area contributed by atoms with Crippen molar-refractivity contribution in [2.75, 3.05) is 0 Å². The zero-order chi connectivity index (χ0) is 15.6. The third-order valence-corrected chi connectivity index (χ3v) is 4.36. The van der Waals surface area contributed by atoms with Crippen molar-refractivity contribution >= 4 is 33.2 Å². The van der Waals surface area contributed by atoms with E-state index in [-0.39, 0.29) is 6.61 Å². The van der Waals surface area contributed by atoms with Crippen LogP contribution < -0.4 is 4.74 Å². The van der Waals surface area contributed by atoms with Crippen LogP contribution >= 0.6 is 22.9 Å². The molecule has 0 aliphatic heterocycles. The molecule has 0 radical (unpaired) electrons. The average molecular weight is 344 g/mol. The summed E-state index contributed by atoms with van der Waals surface area (Å²) in [6.45, 7) is 0.179. The van der Waals surface area contributed by atoms with Gasteiger partial charge in [-0.05, 0) is 30.3 Å². The maximum atomic E-state index is 5.91. The Kier molecular flexibility index (Phi) is 3.69. The summed E-state index contributed by atoms with van der Waals surface area (Å²) in [5, 5.41) is 9.34. The number of thiazole rings is 1. The largest absolute Gasteiger partial charge is 0.484 e. The minimum atomic E-state index is 0.179. The number of halogens is 1. The van der Waals surface area contributed by atoms with E-state index in [1.807, 2.05) is 36.4 Å². The maximum Gasteiger partial charge on any atom is 0.276 e. The summed E-state index contributed by atoms with van der Waals surface area (Å²) < 4.78 is 12.3. The summed E-state index contributed by atoms with van der Waals surface area (Å²) >= 11 is 7.43. The minimum absolute atomic E-state index is 0.179. The van der Waals surface area contributed by atoms with Crippen molar-refractivity contribution in [2.24, 2.45) is 0 Å². The highest BCUT2D eigenvalue weighted by molar-refractivity contribution is 7.21. The molecule has 4 rings (SSSR count). The number of fused-ring (bicyclic) bond motifs is 1. The van der Waals surface area contributed by atoms with Crippen molar-refractivity contribution in [2.45, 2.75) is 6.61 Å². The van der Waals surface area contributed by atoms with E-state index in [9.17, 15) is 0 Å². The molecule has 0 N–H and O–H groups in total. The Morgan fingerprint density at radius 3 is 2.87 bits per heavy atom. The van der Waals surface area contributed by atoms with Gasteiger partial charge >= 0.3 is 0 Å². The zero-order valence-electron chi connectivity index (χ0n) is 11.8. The van der Waals surface area contributed by atoms with Crippen molar-refractivity contribution < 1.29 is 9.15 Å². The first kappa shape index (κ1) is 14.2. The lowest BCUT2D eigenvalue weighted by Gasteiger charge is -2.02. The van der Waals surface area contributed by atoms with Crippen LogP contribution in [0.25, 0.3) is 21.1 Å². The van der Waals surface area contributed by atoms with Crippen LogP contribution in [0, 0.1) is 0 Å². The van der Waals surface area contributed by atoms with E-state index in [2.05, 4.69) is 15.2 Å². The molecule has 0 spiro atoms. The minimum Gasteiger partial charge on any atom is -0.484 e. The Balaban J connectivity index is 1.52. The third kappa shape index (κ3) is 3.04. The van der Waals surface area contributed by atoms with Gasteiger partial charge in [0.05, 0.1) is 10.2 Å². The molecule has 0 aliphatic rings. The number of ether oxygens (including phenoxy) is 1. The molecule has 4 aromatic rings. The molecule has 0 bridgehead atoms. The second-order valence-corrected chi connectivity index (χ2v) is 6.20. The van der Waals surface area contributed by atoms with E-state index in [1.165, 1.54) is 11.3 Å². The SMILES string of the molecule is Clc1cccc(OCc2nnc(-c3nc4ccccc4s3)o2)c1. The van der Waals surface area contributed by atoms with Gasteiger partial charge in [-0.25, -0.2) is 4.98 Å². The van der Waals surface area contributed by atoms with Gasteiger partial charge in [-0.1, -0.05) is 29.8 Å². The summed E-state index contributed by atoms with van der Waals surface area (Å²) in [5.74, 6) is 1.44. The van der Waals surface area contributed by atoms with Gasteiger partial charge < -0.3 is 9.15 Å². The molecule has 2 aromatic heterocycles. The highest BCUT2D eigenvalue weighted by Crippen LogP contribution is 2.29.